The van der Waals surface area contributed by atoms with E-state index >= 15 is 0 Å². The van der Waals surface area contributed by atoms with E-state index in [-0.39, 0.29) is 5.82 Å². The minimum absolute atomic E-state index is 0.159. The molecule has 1 aromatic carbocycles. The molecule has 0 saturated carbocycles. The summed E-state index contributed by atoms with van der Waals surface area (Å²) in [5, 5.41) is 13.0. The first kappa shape index (κ1) is 12.3. The maximum atomic E-state index is 10.9. The summed E-state index contributed by atoms with van der Waals surface area (Å²) < 4.78 is 1.62. The second-order valence-corrected chi connectivity index (χ2v) is 4.21. The average molecular weight is 245 g/mol. The van der Waals surface area contributed by atoms with Crippen LogP contribution < -0.4 is 0 Å². The molecule has 18 heavy (non-hydrogen) atoms. The molecule has 0 fully saturated rings. The summed E-state index contributed by atoms with van der Waals surface area (Å²) >= 11 is 0. The third-order valence-electron chi connectivity index (χ3n) is 2.77. The molecule has 0 unspecified atom stereocenters. The zero-order chi connectivity index (χ0) is 13.3. The highest BCUT2D eigenvalue weighted by atomic mass is 16.4. The van der Waals surface area contributed by atoms with E-state index < -0.39 is 5.97 Å². The number of carbonyl (C=O) groups is 1. The van der Waals surface area contributed by atoms with Gasteiger partial charge in [0, 0.05) is 6.42 Å². The first-order chi connectivity index (χ1) is 8.52. The van der Waals surface area contributed by atoms with Gasteiger partial charge < -0.3 is 5.11 Å². The first-order valence-electron chi connectivity index (χ1n) is 5.79. The van der Waals surface area contributed by atoms with Gasteiger partial charge in [-0.15, -0.1) is 5.10 Å². The fourth-order valence-corrected chi connectivity index (χ4v) is 1.80. The van der Waals surface area contributed by atoms with Crippen molar-refractivity contribution in [1.82, 2.24) is 14.8 Å². The second-order valence-electron chi connectivity index (χ2n) is 4.21. The Morgan fingerprint density at radius 3 is 2.72 bits per heavy atom. The zero-order valence-corrected chi connectivity index (χ0v) is 10.6. The van der Waals surface area contributed by atoms with Gasteiger partial charge in [-0.1, -0.05) is 19.1 Å². The van der Waals surface area contributed by atoms with E-state index in [9.17, 15) is 4.79 Å². The molecular weight excluding hydrogens is 230 g/mol. The number of carboxylic acids is 1. The number of hydrogen-bond acceptors (Lipinski definition) is 3. The molecule has 94 valence electrons. The molecule has 0 bridgehead atoms. The van der Waals surface area contributed by atoms with Gasteiger partial charge in [-0.3, -0.25) is 0 Å². The molecule has 5 nitrogen and oxygen atoms in total. The molecule has 0 spiro atoms. The average Bonchev–Trinajstić information content (AvgIpc) is 2.76. The van der Waals surface area contributed by atoms with Crippen LogP contribution in [0.4, 0.5) is 0 Å². The van der Waals surface area contributed by atoms with E-state index in [0.29, 0.717) is 12.2 Å². The molecule has 1 N–H and O–H groups in total. The lowest BCUT2D eigenvalue weighted by atomic mass is 10.1. The number of aromatic carboxylic acids is 1. The minimum Gasteiger partial charge on any atom is -0.475 e. The van der Waals surface area contributed by atoms with E-state index in [0.717, 1.165) is 16.8 Å². The van der Waals surface area contributed by atoms with Crippen molar-refractivity contribution in [3.63, 3.8) is 0 Å². The maximum Gasteiger partial charge on any atom is 0.375 e. The summed E-state index contributed by atoms with van der Waals surface area (Å²) in [6.07, 6.45) is 0.633. The summed E-state index contributed by atoms with van der Waals surface area (Å²) in [5.74, 6) is -0.609. The maximum absolute atomic E-state index is 10.9. The van der Waals surface area contributed by atoms with Crippen LogP contribution >= 0.6 is 0 Å². The summed E-state index contributed by atoms with van der Waals surface area (Å²) in [6.45, 7) is 5.89. The molecule has 1 aromatic heterocycles. The number of benzene rings is 1. The van der Waals surface area contributed by atoms with Crippen molar-refractivity contribution in [3.05, 3.63) is 41.0 Å². The molecule has 2 aromatic rings. The Morgan fingerprint density at radius 2 is 2.11 bits per heavy atom. The van der Waals surface area contributed by atoms with Gasteiger partial charge in [0.25, 0.3) is 5.82 Å². The Hall–Kier alpha value is -2.17. The summed E-state index contributed by atoms with van der Waals surface area (Å²) in [4.78, 5) is 15.0. The van der Waals surface area contributed by atoms with Gasteiger partial charge in [0.2, 0.25) is 0 Å². The van der Waals surface area contributed by atoms with Crippen molar-refractivity contribution in [2.24, 2.45) is 0 Å². The van der Waals surface area contributed by atoms with Gasteiger partial charge in [0.15, 0.2) is 0 Å². The smallest absolute Gasteiger partial charge is 0.375 e. The van der Waals surface area contributed by atoms with Crippen molar-refractivity contribution >= 4 is 5.97 Å². The Kier molecular flexibility index (Phi) is 3.14. The second kappa shape index (κ2) is 4.60. The zero-order valence-electron chi connectivity index (χ0n) is 10.6. The largest absolute Gasteiger partial charge is 0.475 e. The highest BCUT2D eigenvalue weighted by molar-refractivity contribution is 5.83. The minimum atomic E-state index is -1.10. The van der Waals surface area contributed by atoms with Gasteiger partial charge in [0.1, 0.15) is 5.82 Å². The lowest BCUT2D eigenvalue weighted by Crippen LogP contribution is -2.05. The predicted octanol–water partition coefficient (Wildman–Crippen LogP) is 2.14. The first-order valence-corrected chi connectivity index (χ1v) is 5.79. The number of rotatable bonds is 3. The number of carboxylic acid groups (broad SMARTS) is 1. The number of hydrogen-bond donors (Lipinski definition) is 1. The van der Waals surface area contributed by atoms with Crippen LogP contribution in [0, 0.1) is 13.8 Å². The van der Waals surface area contributed by atoms with Crippen molar-refractivity contribution in [3.8, 4) is 5.69 Å². The van der Waals surface area contributed by atoms with E-state index in [1.54, 1.807) is 4.68 Å². The Balaban J connectivity index is 2.62. The number of nitrogens with zero attached hydrogens (tertiary/aromatic N) is 3. The number of aryl methyl sites for hydroxylation is 3. The highest BCUT2D eigenvalue weighted by Gasteiger charge is 2.16. The quantitative estimate of drug-likeness (QED) is 0.899. The third-order valence-corrected chi connectivity index (χ3v) is 2.77. The van der Waals surface area contributed by atoms with Crippen molar-refractivity contribution in [2.75, 3.05) is 0 Å². The van der Waals surface area contributed by atoms with E-state index in [1.165, 1.54) is 0 Å². The van der Waals surface area contributed by atoms with Crippen molar-refractivity contribution in [2.45, 2.75) is 27.2 Å². The fraction of sp³-hybridized carbons (Fsp3) is 0.308. The van der Waals surface area contributed by atoms with Crippen LogP contribution in [0.1, 0.15) is 34.5 Å². The monoisotopic (exact) mass is 245 g/mol. The molecule has 0 radical (unpaired) electrons. The van der Waals surface area contributed by atoms with Gasteiger partial charge in [0.05, 0.1) is 5.69 Å². The van der Waals surface area contributed by atoms with Gasteiger partial charge in [-0.05, 0) is 31.0 Å². The van der Waals surface area contributed by atoms with E-state index in [2.05, 4.69) is 10.1 Å². The van der Waals surface area contributed by atoms with Crippen LogP contribution in [-0.2, 0) is 6.42 Å². The highest BCUT2D eigenvalue weighted by Crippen LogP contribution is 2.17. The molecule has 2 rings (SSSR count). The van der Waals surface area contributed by atoms with Gasteiger partial charge in [-0.25, -0.2) is 14.5 Å². The van der Waals surface area contributed by atoms with Crippen molar-refractivity contribution < 1.29 is 9.90 Å². The molecule has 0 atom stereocenters. The van der Waals surface area contributed by atoms with Crippen molar-refractivity contribution in [1.29, 1.82) is 0 Å². The number of aromatic nitrogens is 3. The van der Waals surface area contributed by atoms with Crippen LogP contribution in [-0.4, -0.2) is 25.8 Å². The van der Waals surface area contributed by atoms with Crippen LogP contribution in [0.5, 0.6) is 0 Å². The molecule has 0 aliphatic rings. The summed E-state index contributed by atoms with van der Waals surface area (Å²) in [7, 11) is 0. The summed E-state index contributed by atoms with van der Waals surface area (Å²) in [6, 6.07) is 5.99. The summed E-state index contributed by atoms with van der Waals surface area (Å²) in [5.41, 5.74) is 3.02. The molecule has 5 heteroatoms. The van der Waals surface area contributed by atoms with Gasteiger partial charge in [-0.2, -0.15) is 0 Å². The van der Waals surface area contributed by atoms with Crippen LogP contribution in [0.2, 0.25) is 0 Å². The normalized spacial score (nSPS) is 10.6. The molecular formula is C13H15N3O2. The molecule has 0 aliphatic carbocycles. The third kappa shape index (κ3) is 2.11. The van der Waals surface area contributed by atoms with Crippen LogP contribution in [0.25, 0.3) is 5.69 Å². The van der Waals surface area contributed by atoms with E-state index in [4.69, 9.17) is 5.11 Å². The molecule has 0 saturated heterocycles. The lowest BCUT2D eigenvalue weighted by molar-refractivity contribution is 0.0683. The predicted molar refractivity (Wildman–Crippen MR) is 67.2 cm³/mol. The molecule has 1 heterocycles. The molecule has 0 aliphatic heterocycles. The Morgan fingerprint density at radius 1 is 1.39 bits per heavy atom. The standard InChI is InChI=1S/C13H15N3O2/c1-4-11-14-12(13(17)18)15-16(11)10-7-8(2)5-6-9(10)3/h5-7H,4H2,1-3H3,(H,17,18). The topological polar surface area (TPSA) is 68.0 Å². The fourth-order valence-electron chi connectivity index (χ4n) is 1.80. The lowest BCUT2D eigenvalue weighted by Gasteiger charge is -2.08. The molecule has 0 amide bonds. The van der Waals surface area contributed by atoms with E-state index in [1.807, 2.05) is 39.0 Å². The van der Waals surface area contributed by atoms with Gasteiger partial charge >= 0.3 is 5.97 Å². The SMILES string of the molecule is CCc1nc(C(=O)O)nn1-c1cc(C)ccc1C. The van der Waals surface area contributed by atoms with Crippen LogP contribution in [0.15, 0.2) is 18.2 Å². The Bertz CT molecular complexity index is 602. The van der Waals surface area contributed by atoms with Crippen LogP contribution in [0.3, 0.4) is 0 Å². The Labute approximate surface area is 105 Å².